The number of aryl methyl sites for hydroxylation is 2. The average molecular weight is 162 g/mol. The number of nitrogens with zero attached hydrogens (tertiary/aromatic N) is 3. The van der Waals surface area contributed by atoms with Crippen LogP contribution in [0, 0.1) is 13.8 Å². The maximum absolute atomic E-state index is 5.00. The SMILES string of the molecule is Cc1noc(C)c1C1=N[N]C=C1. The summed E-state index contributed by atoms with van der Waals surface area (Å²) >= 11 is 0. The van der Waals surface area contributed by atoms with Crippen LogP contribution in [0.2, 0.25) is 0 Å². The molecule has 0 N–H and O–H groups in total. The van der Waals surface area contributed by atoms with Crippen LogP contribution in [0.15, 0.2) is 21.9 Å². The van der Waals surface area contributed by atoms with Crippen LogP contribution in [0.3, 0.4) is 0 Å². The molecule has 61 valence electrons. The van der Waals surface area contributed by atoms with E-state index >= 15 is 0 Å². The van der Waals surface area contributed by atoms with Crippen molar-refractivity contribution in [2.45, 2.75) is 13.8 Å². The van der Waals surface area contributed by atoms with Gasteiger partial charge in [-0.1, -0.05) is 5.16 Å². The first kappa shape index (κ1) is 7.09. The van der Waals surface area contributed by atoms with E-state index in [9.17, 15) is 0 Å². The normalized spacial score (nSPS) is 14.7. The summed E-state index contributed by atoms with van der Waals surface area (Å²) in [4.78, 5) is 0. The number of rotatable bonds is 1. The Hall–Kier alpha value is -1.58. The molecule has 0 spiro atoms. The summed E-state index contributed by atoms with van der Waals surface area (Å²) in [6, 6.07) is 0. The van der Waals surface area contributed by atoms with Gasteiger partial charge in [-0.2, -0.15) is 10.5 Å². The van der Waals surface area contributed by atoms with Crippen molar-refractivity contribution in [1.29, 1.82) is 0 Å². The summed E-state index contributed by atoms with van der Waals surface area (Å²) < 4.78 is 5.00. The molecule has 0 aromatic carbocycles. The first-order valence-corrected chi connectivity index (χ1v) is 3.66. The quantitative estimate of drug-likeness (QED) is 0.621. The fourth-order valence-corrected chi connectivity index (χ4v) is 1.21. The van der Waals surface area contributed by atoms with Crippen LogP contribution in [0.4, 0.5) is 0 Å². The minimum Gasteiger partial charge on any atom is -0.361 e. The lowest BCUT2D eigenvalue weighted by atomic mass is 10.1. The van der Waals surface area contributed by atoms with E-state index in [1.807, 2.05) is 19.9 Å². The van der Waals surface area contributed by atoms with E-state index in [4.69, 9.17) is 4.52 Å². The predicted octanol–water partition coefficient (Wildman–Crippen LogP) is 1.13. The van der Waals surface area contributed by atoms with Gasteiger partial charge < -0.3 is 4.52 Å². The molecule has 12 heavy (non-hydrogen) atoms. The van der Waals surface area contributed by atoms with Crippen LogP contribution in [0.25, 0.3) is 0 Å². The second kappa shape index (κ2) is 2.48. The first-order valence-electron chi connectivity index (χ1n) is 3.66. The zero-order valence-corrected chi connectivity index (χ0v) is 6.90. The smallest absolute Gasteiger partial charge is 0.143 e. The van der Waals surface area contributed by atoms with E-state index in [0.717, 1.165) is 22.7 Å². The monoisotopic (exact) mass is 162 g/mol. The van der Waals surface area contributed by atoms with E-state index in [2.05, 4.69) is 15.7 Å². The molecular weight excluding hydrogens is 154 g/mol. The molecule has 1 radical (unpaired) electrons. The highest BCUT2D eigenvalue weighted by Gasteiger charge is 2.15. The lowest BCUT2D eigenvalue weighted by Gasteiger charge is -1.92. The van der Waals surface area contributed by atoms with Crippen LogP contribution in [-0.4, -0.2) is 10.9 Å². The molecule has 0 bridgehead atoms. The Morgan fingerprint density at radius 2 is 2.17 bits per heavy atom. The summed E-state index contributed by atoms with van der Waals surface area (Å²) in [6.45, 7) is 3.75. The third kappa shape index (κ3) is 0.922. The van der Waals surface area contributed by atoms with Crippen LogP contribution in [0.5, 0.6) is 0 Å². The van der Waals surface area contributed by atoms with Crippen molar-refractivity contribution in [3.8, 4) is 0 Å². The lowest BCUT2D eigenvalue weighted by Crippen LogP contribution is -1.97. The maximum Gasteiger partial charge on any atom is 0.143 e. The maximum atomic E-state index is 5.00. The van der Waals surface area contributed by atoms with Crippen molar-refractivity contribution in [1.82, 2.24) is 10.6 Å². The Labute approximate surface area is 69.9 Å². The third-order valence-corrected chi connectivity index (χ3v) is 1.75. The second-order valence-electron chi connectivity index (χ2n) is 2.62. The van der Waals surface area contributed by atoms with Gasteiger partial charge in [0, 0.05) is 0 Å². The van der Waals surface area contributed by atoms with E-state index in [1.54, 1.807) is 6.20 Å². The lowest BCUT2D eigenvalue weighted by molar-refractivity contribution is 0.393. The largest absolute Gasteiger partial charge is 0.361 e. The van der Waals surface area contributed by atoms with Crippen molar-refractivity contribution < 1.29 is 4.52 Å². The zero-order chi connectivity index (χ0) is 8.55. The fourth-order valence-electron chi connectivity index (χ4n) is 1.21. The van der Waals surface area contributed by atoms with Crippen molar-refractivity contribution in [3.63, 3.8) is 0 Å². The Morgan fingerprint density at radius 1 is 1.33 bits per heavy atom. The van der Waals surface area contributed by atoms with Gasteiger partial charge in [0.15, 0.2) is 0 Å². The van der Waals surface area contributed by atoms with E-state index in [1.165, 1.54) is 0 Å². The number of hydrogen-bond acceptors (Lipinski definition) is 3. The van der Waals surface area contributed by atoms with Crippen molar-refractivity contribution in [2.24, 2.45) is 5.10 Å². The van der Waals surface area contributed by atoms with Crippen molar-refractivity contribution in [3.05, 3.63) is 29.3 Å². The molecule has 4 heteroatoms. The molecule has 4 nitrogen and oxygen atoms in total. The zero-order valence-electron chi connectivity index (χ0n) is 6.90. The molecule has 0 aliphatic carbocycles. The molecule has 2 rings (SSSR count). The Morgan fingerprint density at radius 3 is 2.67 bits per heavy atom. The molecule has 0 unspecified atom stereocenters. The Balaban J connectivity index is 2.51. The van der Waals surface area contributed by atoms with Gasteiger partial charge in [0.2, 0.25) is 0 Å². The van der Waals surface area contributed by atoms with Crippen LogP contribution < -0.4 is 5.43 Å². The highest BCUT2D eigenvalue weighted by Crippen LogP contribution is 2.15. The summed E-state index contributed by atoms with van der Waals surface area (Å²) in [5, 5.41) is 7.76. The van der Waals surface area contributed by atoms with E-state index < -0.39 is 0 Å². The number of hydrogen-bond donors (Lipinski definition) is 0. The molecular formula is C8H8N3O. The van der Waals surface area contributed by atoms with E-state index in [0.29, 0.717) is 0 Å². The third-order valence-electron chi connectivity index (χ3n) is 1.75. The summed E-state index contributed by atoms with van der Waals surface area (Å²) in [7, 11) is 0. The van der Waals surface area contributed by atoms with E-state index in [-0.39, 0.29) is 0 Å². The summed E-state index contributed by atoms with van der Waals surface area (Å²) in [5.74, 6) is 0.785. The second-order valence-corrected chi connectivity index (χ2v) is 2.62. The molecule has 0 fully saturated rings. The predicted molar refractivity (Wildman–Crippen MR) is 43.8 cm³/mol. The molecule has 1 aromatic heterocycles. The highest BCUT2D eigenvalue weighted by atomic mass is 16.5. The molecule has 1 aromatic rings. The van der Waals surface area contributed by atoms with Gasteiger partial charge in [0.25, 0.3) is 0 Å². The molecule has 2 heterocycles. The molecule has 0 saturated heterocycles. The number of aromatic nitrogens is 1. The van der Waals surface area contributed by atoms with Crippen molar-refractivity contribution in [2.75, 3.05) is 0 Å². The molecule has 1 aliphatic heterocycles. The first-order chi connectivity index (χ1) is 5.79. The van der Waals surface area contributed by atoms with Gasteiger partial charge >= 0.3 is 0 Å². The Kier molecular flexibility index (Phi) is 1.46. The minimum absolute atomic E-state index is 0.785. The minimum atomic E-state index is 0.785. The topological polar surface area (TPSA) is 52.5 Å². The van der Waals surface area contributed by atoms with Gasteiger partial charge in [0.1, 0.15) is 5.76 Å². The number of allylic oxidation sites excluding steroid dienone is 1. The van der Waals surface area contributed by atoms with Gasteiger partial charge in [-0.15, -0.1) is 0 Å². The van der Waals surface area contributed by atoms with Crippen molar-refractivity contribution >= 4 is 5.71 Å². The van der Waals surface area contributed by atoms with Gasteiger partial charge in [-0.25, -0.2) is 0 Å². The standard InChI is InChI=1S/C8H8N3O/c1-5-8(6(2)12-11-5)7-3-4-9-10-7/h3-4H,1-2H3. The molecule has 1 aliphatic rings. The fraction of sp³-hybridized carbons (Fsp3) is 0.250. The van der Waals surface area contributed by atoms with Crippen LogP contribution >= 0.6 is 0 Å². The van der Waals surface area contributed by atoms with Crippen LogP contribution in [-0.2, 0) is 0 Å². The highest BCUT2D eigenvalue weighted by molar-refractivity contribution is 6.10. The van der Waals surface area contributed by atoms with Gasteiger partial charge in [0.05, 0.1) is 23.2 Å². The molecule has 0 saturated carbocycles. The van der Waals surface area contributed by atoms with Crippen LogP contribution in [0.1, 0.15) is 17.0 Å². The van der Waals surface area contributed by atoms with Gasteiger partial charge in [-0.05, 0) is 19.9 Å². The molecule has 0 amide bonds. The van der Waals surface area contributed by atoms with Gasteiger partial charge in [-0.3, -0.25) is 0 Å². The summed E-state index contributed by atoms with van der Waals surface area (Å²) in [5.41, 5.74) is 6.37. The molecule has 0 atom stereocenters. The summed E-state index contributed by atoms with van der Waals surface area (Å²) in [6.07, 6.45) is 3.49. The Bertz CT molecular complexity index is 343. The average Bonchev–Trinajstić information content (AvgIpc) is 2.61.